The lowest BCUT2D eigenvalue weighted by atomic mass is 10.0. The number of anilines is 1. The van der Waals surface area contributed by atoms with E-state index in [4.69, 9.17) is 16.3 Å². The molecular formula is C37H38ClFN4O7S. The van der Waals surface area contributed by atoms with Crippen molar-refractivity contribution in [2.24, 2.45) is 0 Å². The third kappa shape index (κ3) is 9.02. The highest BCUT2D eigenvalue weighted by Crippen LogP contribution is 2.36. The van der Waals surface area contributed by atoms with Crippen LogP contribution in [0.1, 0.15) is 42.4 Å². The Kier molecular flexibility index (Phi) is 11.9. The number of hydrogen-bond acceptors (Lipinski definition) is 7. The number of aryl methyl sites for hydroxylation is 1. The number of benzene rings is 4. The standard InChI is InChI=1S/C37H38ClFN4O7S/c1-25-12-18-31(22-32(25)43(46)47)51(48,49)42(33-21-28(38)15-19-35(33)50-2)24-36(44)41(23-27-13-16-29(39)17-14-27)34(20-26-8-4-3-5-9-26)37(45)40-30-10-6-7-11-30/h3-5,8-9,12-19,21-22,30,34H,6-7,10-11,20,23-24H2,1-2H3,(H,40,45)/t34-/m0/s1. The van der Waals surface area contributed by atoms with Crippen LogP contribution in [0.25, 0.3) is 0 Å². The molecule has 0 heterocycles. The normalized spacial score (nSPS) is 13.7. The zero-order chi connectivity index (χ0) is 36.7. The van der Waals surface area contributed by atoms with Crippen LogP contribution in [0, 0.1) is 22.9 Å². The Hall–Kier alpha value is -5.01. The first-order valence-corrected chi connectivity index (χ1v) is 18.2. The Morgan fingerprint density at radius 3 is 2.33 bits per heavy atom. The number of nitrogens with zero attached hydrogens (tertiary/aromatic N) is 3. The number of rotatable bonds is 14. The first-order valence-electron chi connectivity index (χ1n) is 16.4. The van der Waals surface area contributed by atoms with Gasteiger partial charge < -0.3 is 15.0 Å². The van der Waals surface area contributed by atoms with Gasteiger partial charge in [-0.2, -0.15) is 0 Å². The molecule has 0 bridgehead atoms. The number of nitro benzene ring substituents is 1. The van der Waals surface area contributed by atoms with Crippen LogP contribution in [-0.2, 0) is 32.6 Å². The fourth-order valence-corrected chi connectivity index (χ4v) is 7.76. The van der Waals surface area contributed by atoms with Crippen LogP contribution in [0.2, 0.25) is 5.02 Å². The second-order valence-electron chi connectivity index (χ2n) is 12.4. The number of halogens is 2. The van der Waals surface area contributed by atoms with E-state index in [0.717, 1.165) is 41.6 Å². The minimum atomic E-state index is -4.71. The first kappa shape index (κ1) is 37.3. The largest absolute Gasteiger partial charge is 0.495 e. The lowest BCUT2D eigenvalue weighted by Gasteiger charge is -2.34. The maximum atomic E-state index is 14.7. The van der Waals surface area contributed by atoms with Gasteiger partial charge in [-0.1, -0.05) is 73.0 Å². The van der Waals surface area contributed by atoms with Crippen LogP contribution in [-0.4, -0.2) is 55.8 Å². The molecule has 5 rings (SSSR count). The van der Waals surface area contributed by atoms with E-state index in [2.05, 4.69) is 5.32 Å². The molecule has 0 unspecified atom stereocenters. The van der Waals surface area contributed by atoms with E-state index in [1.807, 2.05) is 30.3 Å². The van der Waals surface area contributed by atoms with Gasteiger partial charge in [0, 0.05) is 35.7 Å². The number of sulfonamides is 1. The summed E-state index contributed by atoms with van der Waals surface area (Å²) >= 11 is 6.34. The minimum Gasteiger partial charge on any atom is -0.495 e. The molecule has 1 fully saturated rings. The topological polar surface area (TPSA) is 139 Å². The summed E-state index contributed by atoms with van der Waals surface area (Å²) in [6.45, 7) is 0.474. The summed E-state index contributed by atoms with van der Waals surface area (Å²) in [5.74, 6) is -1.62. The molecule has 0 saturated heterocycles. The Labute approximate surface area is 301 Å². The van der Waals surface area contributed by atoms with Crippen LogP contribution < -0.4 is 14.4 Å². The van der Waals surface area contributed by atoms with Crippen LogP contribution in [0.3, 0.4) is 0 Å². The molecule has 14 heteroatoms. The Balaban J connectivity index is 1.63. The van der Waals surface area contributed by atoms with Gasteiger partial charge in [-0.25, -0.2) is 12.8 Å². The van der Waals surface area contributed by atoms with Crippen LogP contribution in [0.5, 0.6) is 5.75 Å². The number of nitrogens with one attached hydrogen (secondary N) is 1. The van der Waals surface area contributed by atoms with Gasteiger partial charge >= 0.3 is 0 Å². The van der Waals surface area contributed by atoms with Gasteiger partial charge in [0.2, 0.25) is 11.8 Å². The van der Waals surface area contributed by atoms with Gasteiger partial charge in [-0.15, -0.1) is 0 Å². The molecule has 1 aliphatic carbocycles. The van der Waals surface area contributed by atoms with Gasteiger partial charge in [0.05, 0.1) is 22.6 Å². The first-order chi connectivity index (χ1) is 24.4. The van der Waals surface area contributed by atoms with E-state index in [1.165, 1.54) is 73.5 Å². The molecule has 1 atom stereocenters. The van der Waals surface area contributed by atoms with Gasteiger partial charge in [0.1, 0.15) is 24.2 Å². The van der Waals surface area contributed by atoms with Crippen molar-refractivity contribution < 1.29 is 32.1 Å². The summed E-state index contributed by atoms with van der Waals surface area (Å²) in [6, 6.07) is 21.1. The highest BCUT2D eigenvalue weighted by molar-refractivity contribution is 7.92. The number of carbonyl (C=O) groups is 2. The molecule has 4 aromatic rings. The molecule has 268 valence electrons. The summed E-state index contributed by atoms with van der Waals surface area (Å²) in [5, 5.41) is 15.0. The zero-order valence-corrected chi connectivity index (χ0v) is 29.7. The monoisotopic (exact) mass is 736 g/mol. The molecule has 4 aromatic carbocycles. The van der Waals surface area contributed by atoms with Crippen molar-refractivity contribution in [3.63, 3.8) is 0 Å². The fraction of sp³-hybridized carbons (Fsp3) is 0.297. The quantitative estimate of drug-likeness (QED) is 0.114. The third-order valence-electron chi connectivity index (χ3n) is 8.89. The minimum absolute atomic E-state index is 0.0577. The second-order valence-corrected chi connectivity index (χ2v) is 14.7. The van der Waals surface area contributed by atoms with E-state index in [0.29, 0.717) is 5.56 Å². The number of amides is 2. The van der Waals surface area contributed by atoms with Crippen LogP contribution >= 0.6 is 11.6 Å². The number of methoxy groups -OCH3 is 1. The summed E-state index contributed by atoms with van der Waals surface area (Å²) in [4.78, 5) is 40.9. The average Bonchev–Trinajstić information content (AvgIpc) is 3.62. The van der Waals surface area contributed by atoms with Gasteiger partial charge in [-0.3, -0.25) is 24.0 Å². The lowest BCUT2D eigenvalue weighted by molar-refractivity contribution is -0.385. The van der Waals surface area contributed by atoms with Gasteiger partial charge in [0.25, 0.3) is 15.7 Å². The molecule has 0 aliphatic heterocycles. The zero-order valence-electron chi connectivity index (χ0n) is 28.1. The van der Waals surface area contributed by atoms with Crippen molar-refractivity contribution in [2.45, 2.75) is 62.6 Å². The van der Waals surface area contributed by atoms with Gasteiger partial charge in [0.15, 0.2) is 0 Å². The number of ether oxygens (including phenoxy) is 1. The predicted molar refractivity (Wildman–Crippen MR) is 192 cm³/mol. The van der Waals surface area contributed by atoms with E-state index in [9.17, 15) is 32.5 Å². The maximum absolute atomic E-state index is 14.7. The van der Waals surface area contributed by atoms with Crippen molar-refractivity contribution in [3.05, 3.63) is 129 Å². The Morgan fingerprint density at radius 2 is 1.69 bits per heavy atom. The summed E-state index contributed by atoms with van der Waals surface area (Å²) in [5.41, 5.74) is 0.974. The summed E-state index contributed by atoms with van der Waals surface area (Å²) < 4.78 is 49.2. The molecule has 1 N–H and O–H groups in total. The summed E-state index contributed by atoms with van der Waals surface area (Å²) in [6.07, 6.45) is 3.59. The van der Waals surface area contributed by atoms with Crippen molar-refractivity contribution in [3.8, 4) is 5.75 Å². The third-order valence-corrected chi connectivity index (χ3v) is 10.9. The van der Waals surface area contributed by atoms with Crippen molar-refractivity contribution in [2.75, 3.05) is 18.0 Å². The van der Waals surface area contributed by atoms with Crippen molar-refractivity contribution >= 4 is 44.8 Å². The highest BCUT2D eigenvalue weighted by Gasteiger charge is 2.37. The molecule has 2 amide bonds. The van der Waals surface area contributed by atoms with Crippen LogP contribution in [0.15, 0.2) is 95.9 Å². The maximum Gasteiger partial charge on any atom is 0.273 e. The molecule has 0 aromatic heterocycles. The smallest absolute Gasteiger partial charge is 0.273 e. The lowest BCUT2D eigenvalue weighted by Crippen LogP contribution is -2.54. The van der Waals surface area contributed by atoms with Crippen molar-refractivity contribution in [1.29, 1.82) is 0 Å². The molecule has 1 aliphatic rings. The summed E-state index contributed by atoms with van der Waals surface area (Å²) in [7, 11) is -3.39. The molecular weight excluding hydrogens is 699 g/mol. The Morgan fingerprint density at radius 1 is 1.00 bits per heavy atom. The number of hydrogen-bond donors (Lipinski definition) is 1. The molecule has 51 heavy (non-hydrogen) atoms. The molecule has 0 spiro atoms. The number of carbonyl (C=O) groups excluding carboxylic acids is 2. The van der Waals surface area contributed by atoms with Gasteiger partial charge in [-0.05, 0) is 67.3 Å². The predicted octanol–water partition coefficient (Wildman–Crippen LogP) is 6.60. The van der Waals surface area contributed by atoms with E-state index in [-0.39, 0.29) is 41.0 Å². The van der Waals surface area contributed by atoms with Crippen LogP contribution in [0.4, 0.5) is 15.8 Å². The van der Waals surface area contributed by atoms with Crippen molar-refractivity contribution in [1.82, 2.24) is 10.2 Å². The van der Waals surface area contributed by atoms with E-state index < -0.39 is 55.7 Å². The molecule has 11 nitrogen and oxygen atoms in total. The van der Waals surface area contributed by atoms with E-state index >= 15 is 0 Å². The fourth-order valence-electron chi connectivity index (χ4n) is 6.15. The SMILES string of the molecule is COc1ccc(Cl)cc1N(CC(=O)N(Cc1ccc(F)cc1)[C@@H](Cc1ccccc1)C(=O)NC1CCCC1)S(=O)(=O)c1ccc(C)c([N+](=O)[O-])c1. The second kappa shape index (κ2) is 16.3. The average molecular weight is 737 g/mol. The Bertz CT molecular complexity index is 1990. The molecule has 1 saturated carbocycles. The highest BCUT2D eigenvalue weighted by atomic mass is 35.5. The number of nitro groups is 1. The van der Waals surface area contributed by atoms with E-state index in [1.54, 1.807) is 0 Å². The molecule has 0 radical (unpaired) electrons.